The number of H-pyrrole nitrogens is 1. The molecular formula is C12H14N2O4. The summed E-state index contributed by atoms with van der Waals surface area (Å²) in [6, 6.07) is 3.25. The first-order valence-corrected chi connectivity index (χ1v) is 5.55. The van der Waals surface area contributed by atoms with Crippen molar-refractivity contribution in [3.63, 3.8) is 0 Å². The number of hydrogen-bond acceptors (Lipinski definition) is 5. The highest BCUT2D eigenvalue weighted by Gasteiger charge is 2.09. The molecule has 0 radical (unpaired) electrons. The number of hydrogen-bond donors (Lipinski definition) is 2. The van der Waals surface area contributed by atoms with Gasteiger partial charge < -0.3 is 19.6 Å². The number of aliphatic hydroxyl groups excluding tert-OH is 1. The van der Waals surface area contributed by atoms with Gasteiger partial charge in [0, 0.05) is 19.1 Å². The number of nitrogens with one attached hydrogen (secondary N) is 1. The first kappa shape index (κ1) is 12.4. The molecule has 2 aromatic rings. The van der Waals surface area contributed by atoms with Crippen LogP contribution in [0, 0.1) is 0 Å². The average Bonchev–Trinajstić information content (AvgIpc) is 2.39. The molecule has 0 unspecified atom stereocenters. The van der Waals surface area contributed by atoms with E-state index in [-0.39, 0.29) is 12.2 Å². The number of aliphatic hydroxyl groups is 1. The molecule has 0 amide bonds. The van der Waals surface area contributed by atoms with Gasteiger partial charge in [0.25, 0.3) is 5.56 Å². The van der Waals surface area contributed by atoms with E-state index in [1.807, 2.05) is 0 Å². The molecule has 0 aliphatic rings. The molecule has 1 aromatic heterocycles. The van der Waals surface area contributed by atoms with Crippen LogP contribution in [0.3, 0.4) is 0 Å². The van der Waals surface area contributed by atoms with E-state index >= 15 is 0 Å². The molecule has 0 saturated carbocycles. The lowest BCUT2D eigenvalue weighted by Crippen LogP contribution is -2.08. The summed E-state index contributed by atoms with van der Waals surface area (Å²) in [4.78, 5) is 18.2. The number of benzene rings is 1. The molecule has 6 nitrogen and oxygen atoms in total. The highest BCUT2D eigenvalue weighted by atomic mass is 16.5. The number of nitrogens with zero attached hydrogens (tertiary/aromatic N) is 1. The number of methoxy groups -OCH3 is 1. The van der Waals surface area contributed by atoms with Gasteiger partial charge in [0.05, 0.1) is 30.9 Å². The van der Waals surface area contributed by atoms with E-state index < -0.39 is 0 Å². The van der Waals surface area contributed by atoms with Gasteiger partial charge in [-0.1, -0.05) is 0 Å². The lowest BCUT2D eigenvalue weighted by molar-refractivity contribution is 0.228. The van der Waals surface area contributed by atoms with Gasteiger partial charge in [-0.3, -0.25) is 4.79 Å². The maximum absolute atomic E-state index is 11.6. The number of fused-ring (bicyclic) bond motifs is 1. The Bertz CT molecular complexity index is 594. The molecular weight excluding hydrogens is 236 g/mol. The molecule has 0 aliphatic heterocycles. The van der Waals surface area contributed by atoms with Gasteiger partial charge in [-0.15, -0.1) is 0 Å². The Balaban J connectivity index is 2.43. The van der Waals surface area contributed by atoms with Crippen molar-refractivity contribution >= 4 is 10.9 Å². The minimum Gasteiger partial charge on any atom is -0.493 e. The van der Waals surface area contributed by atoms with E-state index in [1.54, 1.807) is 12.1 Å². The summed E-state index contributed by atoms with van der Waals surface area (Å²) in [5.74, 6) is 0.982. The summed E-state index contributed by atoms with van der Waals surface area (Å²) in [6.45, 7) is 0.411. The van der Waals surface area contributed by atoms with Gasteiger partial charge in [0.1, 0.15) is 0 Å². The molecule has 0 aliphatic carbocycles. The molecule has 96 valence electrons. The van der Waals surface area contributed by atoms with E-state index in [1.165, 1.54) is 13.4 Å². The third-order valence-corrected chi connectivity index (χ3v) is 2.49. The van der Waals surface area contributed by atoms with Gasteiger partial charge in [-0.2, -0.15) is 0 Å². The van der Waals surface area contributed by atoms with Crippen LogP contribution in [0.15, 0.2) is 23.3 Å². The molecule has 1 heterocycles. The second-order valence-electron chi connectivity index (χ2n) is 3.68. The van der Waals surface area contributed by atoms with E-state index in [2.05, 4.69) is 9.97 Å². The lowest BCUT2D eigenvalue weighted by atomic mass is 10.2. The summed E-state index contributed by atoms with van der Waals surface area (Å²) >= 11 is 0. The number of rotatable bonds is 5. The molecule has 0 fully saturated rings. The van der Waals surface area contributed by atoms with Crippen molar-refractivity contribution in [3.05, 3.63) is 28.8 Å². The van der Waals surface area contributed by atoms with Crippen LogP contribution >= 0.6 is 0 Å². The van der Waals surface area contributed by atoms with Gasteiger partial charge in [0.15, 0.2) is 11.5 Å². The molecule has 2 rings (SSSR count). The predicted molar refractivity (Wildman–Crippen MR) is 66.1 cm³/mol. The third kappa shape index (κ3) is 2.43. The van der Waals surface area contributed by atoms with Crippen LogP contribution in [0.5, 0.6) is 11.5 Å². The van der Waals surface area contributed by atoms with Crippen molar-refractivity contribution in [3.8, 4) is 11.5 Å². The Morgan fingerprint density at radius 3 is 2.94 bits per heavy atom. The number of aromatic nitrogens is 2. The Kier molecular flexibility index (Phi) is 3.78. The van der Waals surface area contributed by atoms with Crippen LogP contribution in [0.25, 0.3) is 10.9 Å². The van der Waals surface area contributed by atoms with Crippen molar-refractivity contribution in [1.29, 1.82) is 0 Å². The molecule has 2 N–H and O–H groups in total. The Morgan fingerprint density at radius 2 is 2.22 bits per heavy atom. The van der Waals surface area contributed by atoms with E-state index in [0.717, 1.165) is 0 Å². The number of aromatic amines is 1. The van der Waals surface area contributed by atoms with Crippen molar-refractivity contribution in [1.82, 2.24) is 9.97 Å². The van der Waals surface area contributed by atoms with Gasteiger partial charge in [0.2, 0.25) is 0 Å². The summed E-state index contributed by atoms with van der Waals surface area (Å²) in [6.07, 6.45) is 1.86. The molecule has 0 bridgehead atoms. The van der Waals surface area contributed by atoms with Crippen LogP contribution < -0.4 is 15.0 Å². The minimum atomic E-state index is -0.227. The van der Waals surface area contributed by atoms with Crippen LogP contribution in [0.1, 0.15) is 6.42 Å². The second kappa shape index (κ2) is 5.50. The quantitative estimate of drug-likeness (QED) is 0.763. The zero-order valence-electron chi connectivity index (χ0n) is 9.97. The molecule has 0 spiro atoms. The average molecular weight is 250 g/mol. The highest BCUT2D eigenvalue weighted by molar-refractivity contribution is 5.81. The number of ether oxygens (including phenoxy) is 2. The fourth-order valence-corrected chi connectivity index (χ4v) is 1.60. The molecule has 18 heavy (non-hydrogen) atoms. The first-order valence-electron chi connectivity index (χ1n) is 5.55. The van der Waals surface area contributed by atoms with Gasteiger partial charge in [-0.25, -0.2) is 4.98 Å². The molecule has 0 saturated heterocycles. The standard InChI is InChI=1S/C12H14N2O4/c1-17-10-6-9-8(12(16)14-7-13-9)5-11(10)18-4-2-3-15/h5-7,15H,2-4H2,1H3,(H,13,14,16). The summed E-state index contributed by atoms with van der Waals surface area (Å²) in [5.41, 5.74) is 0.319. The molecule has 6 heteroatoms. The Hall–Kier alpha value is -2.08. The zero-order chi connectivity index (χ0) is 13.0. The van der Waals surface area contributed by atoms with Crippen LogP contribution in [-0.2, 0) is 0 Å². The summed E-state index contributed by atoms with van der Waals surface area (Å²) in [5, 5.41) is 9.15. The van der Waals surface area contributed by atoms with Crippen LogP contribution in [-0.4, -0.2) is 35.4 Å². The molecule has 0 atom stereocenters. The fourth-order valence-electron chi connectivity index (χ4n) is 1.60. The Labute approximate surface area is 103 Å². The van der Waals surface area contributed by atoms with Crippen molar-refractivity contribution in [2.75, 3.05) is 20.3 Å². The Morgan fingerprint density at radius 1 is 1.39 bits per heavy atom. The summed E-state index contributed by atoms with van der Waals surface area (Å²) < 4.78 is 10.7. The maximum Gasteiger partial charge on any atom is 0.258 e. The molecule has 1 aromatic carbocycles. The van der Waals surface area contributed by atoms with Crippen molar-refractivity contribution in [2.45, 2.75) is 6.42 Å². The van der Waals surface area contributed by atoms with E-state index in [9.17, 15) is 4.79 Å². The summed E-state index contributed by atoms with van der Waals surface area (Å²) in [7, 11) is 1.52. The predicted octanol–water partition coefficient (Wildman–Crippen LogP) is 0.693. The highest BCUT2D eigenvalue weighted by Crippen LogP contribution is 2.30. The van der Waals surface area contributed by atoms with Crippen LogP contribution in [0.4, 0.5) is 0 Å². The van der Waals surface area contributed by atoms with E-state index in [0.29, 0.717) is 35.4 Å². The zero-order valence-corrected chi connectivity index (χ0v) is 9.97. The second-order valence-corrected chi connectivity index (χ2v) is 3.68. The fraction of sp³-hybridized carbons (Fsp3) is 0.333. The largest absolute Gasteiger partial charge is 0.493 e. The van der Waals surface area contributed by atoms with Crippen LogP contribution in [0.2, 0.25) is 0 Å². The van der Waals surface area contributed by atoms with Crippen molar-refractivity contribution in [2.24, 2.45) is 0 Å². The SMILES string of the molecule is COc1cc2nc[nH]c(=O)c2cc1OCCCO. The minimum absolute atomic E-state index is 0.0536. The normalized spacial score (nSPS) is 10.6. The lowest BCUT2D eigenvalue weighted by Gasteiger charge is -2.10. The third-order valence-electron chi connectivity index (χ3n) is 2.49. The van der Waals surface area contributed by atoms with E-state index in [4.69, 9.17) is 14.6 Å². The monoisotopic (exact) mass is 250 g/mol. The smallest absolute Gasteiger partial charge is 0.258 e. The van der Waals surface area contributed by atoms with Gasteiger partial charge in [-0.05, 0) is 6.07 Å². The first-order chi connectivity index (χ1) is 8.76. The topological polar surface area (TPSA) is 84.4 Å². The maximum atomic E-state index is 11.6. The van der Waals surface area contributed by atoms with Crippen molar-refractivity contribution < 1.29 is 14.6 Å². The van der Waals surface area contributed by atoms with Gasteiger partial charge >= 0.3 is 0 Å².